The van der Waals surface area contributed by atoms with E-state index in [9.17, 15) is 19.6 Å². The number of ether oxygens (including phenoxy) is 1. The van der Waals surface area contributed by atoms with E-state index in [2.05, 4.69) is 20.9 Å². The summed E-state index contributed by atoms with van der Waals surface area (Å²) in [5, 5.41) is 13.4. The summed E-state index contributed by atoms with van der Waals surface area (Å²) in [6.07, 6.45) is -0.878. The second kappa shape index (κ2) is 7.83. The maximum absolute atomic E-state index is 12.1. The van der Waals surface area contributed by atoms with Crippen molar-refractivity contribution in [3.8, 4) is 5.06 Å². The molecule has 0 aliphatic rings. The molecule has 1 N–H and O–H groups in total. The predicted molar refractivity (Wildman–Crippen MR) is 91.6 cm³/mol. The summed E-state index contributed by atoms with van der Waals surface area (Å²) >= 11 is 5.67. The number of anilines is 1. The van der Waals surface area contributed by atoms with Crippen molar-refractivity contribution >= 4 is 61.6 Å². The molecule has 128 valence electrons. The second-order valence-corrected chi connectivity index (χ2v) is 7.16. The van der Waals surface area contributed by atoms with Crippen molar-refractivity contribution in [1.29, 1.82) is 0 Å². The molecule has 2 heterocycles. The number of hydrogen-bond donors (Lipinski definition) is 1. The summed E-state index contributed by atoms with van der Waals surface area (Å²) in [6, 6.07) is 1.67. The van der Waals surface area contributed by atoms with Crippen LogP contribution < -0.4 is 9.64 Å². The van der Waals surface area contributed by atoms with E-state index in [1.54, 1.807) is 16.8 Å². The number of halogens is 1. The minimum absolute atomic E-state index is 0.0334. The number of nitrogens with zero attached hydrogens (tertiary/aromatic N) is 3. The zero-order valence-corrected chi connectivity index (χ0v) is 15.8. The van der Waals surface area contributed by atoms with Gasteiger partial charge in [0.05, 0.1) is 12.1 Å². The third-order valence-electron chi connectivity index (χ3n) is 2.70. The van der Waals surface area contributed by atoms with Crippen LogP contribution >= 0.6 is 38.6 Å². The van der Waals surface area contributed by atoms with Gasteiger partial charge < -0.3 is 4.74 Å². The van der Waals surface area contributed by atoms with Gasteiger partial charge in [-0.25, -0.2) is 9.78 Å². The van der Waals surface area contributed by atoms with Gasteiger partial charge in [-0.15, -0.1) is 22.7 Å². The standard InChI is InChI=1S/C13H12BrN3O5S2/c1-7(18)17(21)10(19)4-9-6-24-12(15-9)16(2)13(20)22-11-3-8(14)5-23-11/h3,5-6,21H,4H2,1-2H3. The van der Waals surface area contributed by atoms with Gasteiger partial charge in [-0.1, -0.05) is 0 Å². The number of thiophene rings is 1. The first-order chi connectivity index (χ1) is 11.3. The molecule has 0 aliphatic carbocycles. The van der Waals surface area contributed by atoms with Gasteiger partial charge in [0, 0.05) is 35.3 Å². The maximum atomic E-state index is 12.1. The van der Waals surface area contributed by atoms with E-state index >= 15 is 0 Å². The Labute approximate surface area is 153 Å². The molecular formula is C13H12BrN3O5S2. The third-order valence-corrected chi connectivity index (χ3v) is 5.23. The largest absolute Gasteiger partial charge is 0.422 e. The molecule has 0 radical (unpaired) electrons. The molecule has 0 unspecified atom stereocenters. The van der Waals surface area contributed by atoms with E-state index in [0.717, 1.165) is 22.7 Å². The fourth-order valence-corrected chi connectivity index (χ4v) is 3.55. The molecule has 0 spiro atoms. The number of carbonyl (C=O) groups is 3. The lowest BCUT2D eigenvalue weighted by molar-refractivity contribution is -0.176. The lowest BCUT2D eigenvalue weighted by Crippen LogP contribution is -2.33. The monoisotopic (exact) mass is 433 g/mol. The quantitative estimate of drug-likeness (QED) is 0.587. The van der Waals surface area contributed by atoms with Gasteiger partial charge in [0.25, 0.3) is 5.91 Å². The van der Waals surface area contributed by atoms with E-state index in [0.29, 0.717) is 15.9 Å². The highest BCUT2D eigenvalue weighted by Gasteiger charge is 2.20. The lowest BCUT2D eigenvalue weighted by atomic mass is 10.3. The number of hydroxylamine groups is 2. The van der Waals surface area contributed by atoms with Crippen LogP contribution in [0, 0.1) is 0 Å². The minimum Gasteiger partial charge on any atom is -0.399 e. The number of thiazole rings is 1. The average molecular weight is 434 g/mol. The first-order valence-corrected chi connectivity index (χ1v) is 8.99. The molecule has 2 aromatic heterocycles. The Kier molecular flexibility index (Phi) is 6.04. The number of carbonyl (C=O) groups excluding carboxylic acids is 3. The van der Waals surface area contributed by atoms with Crippen LogP contribution in [-0.2, 0) is 16.0 Å². The van der Waals surface area contributed by atoms with Crippen LogP contribution in [0.15, 0.2) is 21.3 Å². The molecule has 24 heavy (non-hydrogen) atoms. The summed E-state index contributed by atoms with van der Waals surface area (Å²) in [4.78, 5) is 39.9. The van der Waals surface area contributed by atoms with E-state index in [4.69, 9.17) is 4.74 Å². The van der Waals surface area contributed by atoms with Gasteiger partial charge in [-0.2, -0.15) is 5.06 Å². The van der Waals surface area contributed by atoms with Crippen LogP contribution in [0.25, 0.3) is 0 Å². The van der Waals surface area contributed by atoms with E-state index < -0.39 is 17.9 Å². The van der Waals surface area contributed by atoms with Crippen LogP contribution in [0.3, 0.4) is 0 Å². The van der Waals surface area contributed by atoms with Crippen LogP contribution in [0.1, 0.15) is 12.6 Å². The van der Waals surface area contributed by atoms with Gasteiger partial charge >= 0.3 is 6.09 Å². The smallest absolute Gasteiger partial charge is 0.399 e. The molecule has 3 amide bonds. The molecule has 0 bridgehead atoms. The van der Waals surface area contributed by atoms with Crippen molar-refractivity contribution < 1.29 is 24.3 Å². The highest BCUT2D eigenvalue weighted by atomic mass is 79.9. The molecule has 8 nitrogen and oxygen atoms in total. The molecule has 0 saturated carbocycles. The second-order valence-electron chi connectivity index (χ2n) is 4.53. The number of rotatable bonds is 4. The van der Waals surface area contributed by atoms with Gasteiger partial charge in [-0.05, 0) is 15.9 Å². The van der Waals surface area contributed by atoms with Crippen molar-refractivity contribution in [3.63, 3.8) is 0 Å². The third kappa shape index (κ3) is 4.60. The zero-order chi connectivity index (χ0) is 17.9. The van der Waals surface area contributed by atoms with Crippen LogP contribution in [0.4, 0.5) is 9.93 Å². The minimum atomic E-state index is -0.798. The molecule has 0 atom stereocenters. The maximum Gasteiger partial charge on any atom is 0.422 e. The Bertz CT molecular complexity index is 775. The molecular weight excluding hydrogens is 422 g/mol. The summed E-state index contributed by atoms with van der Waals surface area (Å²) in [6.45, 7) is 1.07. The number of hydrogen-bond acceptors (Lipinski definition) is 8. The van der Waals surface area contributed by atoms with Crippen molar-refractivity contribution in [2.75, 3.05) is 11.9 Å². The van der Waals surface area contributed by atoms with E-state index in [-0.39, 0.29) is 11.5 Å². The lowest BCUT2D eigenvalue weighted by Gasteiger charge is -2.12. The van der Waals surface area contributed by atoms with Gasteiger partial charge in [0.1, 0.15) is 0 Å². The molecule has 0 saturated heterocycles. The van der Waals surface area contributed by atoms with Gasteiger partial charge in [0.15, 0.2) is 10.2 Å². The first kappa shape index (κ1) is 18.5. The Morgan fingerprint density at radius 2 is 2.04 bits per heavy atom. The summed E-state index contributed by atoms with van der Waals surface area (Å²) in [5.74, 6) is -1.58. The van der Waals surface area contributed by atoms with Crippen molar-refractivity contribution in [2.45, 2.75) is 13.3 Å². The summed E-state index contributed by atoms with van der Waals surface area (Å²) in [7, 11) is 1.49. The van der Waals surface area contributed by atoms with Crippen molar-refractivity contribution in [1.82, 2.24) is 10.0 Å². The zero-order valence-electron chi connectivity index (χ0n) is 12.6. The Hall–Kier alpha value is -1.82. The van der Waals surface area contributed by atoms with Crippen LogP contribution in [-0.4, -0.2) is 40.2 Å². The Balaban J connectivity index is 2.00. The van der Waals surface area contributed by atoms with Gasteiger partial charge in [0.2, 0.25) is 5.91 Å². The number of aromatic nitrogens is 1. The fourth-order valence-electron chi connectivity index (χ4n) is 1.52. The van der Waals surface area contributed by atoms with Gasteiger partial charge in [-0.3, -0.25) is 19.7 Å². The summed E-state index contributed by atoms with van der Waals surface area (Å²) in [5.41, 5.74) is 0.332. The Morgan fingerprint density at radius 3 is 2.62 bits per heavy atom. The SMILES string of the molecule is CC(=O)N(O)C(=O)Cc1csc(N(C)C(=O)Oc2cc(Br)cs2)n1. The van der Waals surface area contributed by atoms with Crippen LogP contribution in [0.5, 0.6) is 5.06 Å². The Morgan fingerprint density at radius 1 is 1.33 bits per heavy atom. The predicted octanol–water partition coefficient (Wildman–Crippen LogP) is 2.91. The van der Waals surface area contributed by atoms with Crippen molar-refractivity contribution in [3.05, 3.63) is 27.0 Å². The topological polar surface area (TPSA) is 100 Å². The van der Waals surface area contributed by atoms with Crippen molar-refractivity contribution in [2.24, 2.45) is 0 Å². The van der Waals surface area contributed by atoms with E-state index in [1.165, 1.54) is 23.3 Å². The molecule has 0 aliphatic heterocycles. The molecule has 0 aromatic carbocycles. The summed E-state index contributed by atoms with van der Waals surface area (Å²) < 4.78 is 6.01. The molecule has 0 fully saturated rings. The highest BCUT2D eigenvalue weighted by Crippen LogP contribution is 2.28. The molecule has 11 heteroatoms. The fraction of sp³-hybridized carbons (Fsp3) is 0.231. The van der Waals surface area contributed by atoms with E-state index in [1.807, 2.05) is 0 Å². The number of imide groups is 1. The molecule has 2 aromatic rings. The van der Waals surface area contributed by atoms with Crippen LogP contribution in [0.2, 0.25) is 0 Å². The number of amides is 3. The molecule has 2 rings (SSSR count). The first-order valence-electron chi connectivity index (χ1n) is 6.44. The highest BCUT2D eigenvalue weighted by molar-refractivity contribution is 9.10. The normalized spacial score (nSPS) is 10.3. The average Bonchev–Trinajstić information content (AvgIpc) is 3.14.